The molecule has 0 radical (unpaired) electrons. The molecule has 3 rings (SSSR count). The molecule has 1 atom stereocenters. The van der Waals surface area contributed by atoms with Gasteiger partial charge in [0, 0.05) is 24.9 Å². The minimum atomic E-state index is -0.0974. The summed E-state index contributed by atoms with van der Waals surface area (Å²) in [7, 11) is 0. The highest BCUT2D eigenvalue weighted by molar-refractivity contribution is 9.10. The van der Waals surface area contributed by atoms with E-state index in [9.17, 15) is 0 Å². The minimum absolute atomic E-state index is 0.0974. The van der Waals surface area contributed by atoms with E-state index in [1.165, 1.54) is 0 Å². The molecule has 1 aliphatic heterocycles. The number of halogens is 1. The second-order valence-electron chi connectivity index (χ2n) is 5.59. The summed E-state index contributed by atoms with van der Waals surface area (Å²) < 4.78 is 8.58. The third-order valence-electron chi connectivity index (χ3n) is 3.63. The van der Waals surface area contributed by atoms with Gasteiger partial charge in [-0.05, 0) is 42.6 Å². The molecular formula is C13H17BrN4O. The van der Waals surface area contributed by atoms with Gasteiger partial charge in [0.2, 0.25) is 0 Å². The molecule has 1 fully saturated rings. The van der Waals surface area contributed by atoms with Gasteiger partial charge in [-0.2, -0.15) is 0 Å². The van der Waals surface area contributed by atoms with Crippen LogP contribution in [0.4, 0.5) is 5.82 Å². The van der Waals surface area contributed by atoms with Crippen LogP contribution in [0.15, 0.2) is 17.0 Å². The van der Waals surface area contributed by atoms with Gasteiger partial charge in [-0.15, -0.1) is 0 Å². The van der Waals surface area contributed by atoms with Crippen molar-refractivity contribution in [2.45, 2.75) is 38.2 Å². The number of ether oxygens (including phenoxy) is 1. The third kappa shape index (κ3) is 2.23. The summed E-state index contributed by atoms with van der Waals surface area (Å²) in [6, 6.07) is 0. The number of nitrogens with two attached hydrogens (primary N) is 1. The van der Waals surface area contributed by atoms with E-state index in [2.05, 4.69) is 39.7 Å². The Morgan fingerprint density at radius 1 is 1.53 bits per heavy atom. The Hall–Kier alpha value is -1.14. The van der Waals surface area contributed by atoms with Crippen LogP contribution in [-0.4, -0.2) is 26.6 Å². The first-order valence-corrected chi connectivity index (χ1v) is 7.19. The Balaban J connectivity index is 2.08. The van der Waals surface area contributed by atoms with Crippen LogP contribution in [0, 0.1) is 0 Å². The van der Waals surface area contributed by atoms with E-state index in [1.54, 1.807) is 6.20 Å². The van der Waals surface area contributed by atoms with Crippen LogP contribution in [0.1, 0.15) is 38.4 Å². The average Bonchev–Trinajstić information content (AvgIpc) is 2.67. The van der Waals surface area contributed by atoms with E-state index in [-0.39, 0.29) is 5.60 Å². The van der Waals surface area contributed by atoms with Gasteiger partial charge >= 0.3 is 0 Å². The molecule has 5 nitrogen and oxygen atoms in total. The number of imidazole rings is 1. The third-order valence-corrected chi connectivity index (χ3v) is 4.18. The Labute approximate surface area is 120 Å². The Kier molecular flexibility index (Phi) is 3.02. The van der Waals surface area contributed by atoms with Crippen LogP contribution < -0.4 is 5.73 Å². The molecule has 19 heavy (non-hydrogen) atoms. The van der Waals surface area contributed by atoms with Crippen LogP contribution >= 0.6 is 15.9 Å². The maximum Gasteiger partial charge on any atom is 0.150 e. The van der Waals surface area contributed by atoms with E-state index in [0.29, 0.717) is 11.7 Å². The highest BCUT2D eigenvalue weighted by atomic mass is 79.9. The quantitative estimate of drug-likeness (QED) is 0.875. The molecule has 0 saturated carbocycles. The van der Waals surface area contributed by atoms with Crippen molar-refractivity contribution in [3.63, 3.8) is 0 Å². The maximum absolute atomic E-state index is 5.93. The molecular weight excluding hydrogens is 308 g/mol. The topological polar surface area (TPSA) is 65.4 Å². The number of nitrogen functional groups attached to an aromatic ring is 1. The van der Waals surface area contributed by atoms with E-state index in [4.69, 9.17) is 10.5 Å². The van der Waals surface area contributed by atoms with Crippen molar-refractivity contribution in [1.82, 2.24) is 14.4 Å². The number of hydrogen-bond acceptors (Lipinski definition) is 4. The lowest BCUT2D eigenvalue weighted by Crippen LogP contribution is -2.33. The lowest BCUT2D eigenvalue weighted by atomic mass is 9.88. The Morgan fingerprint density at radius 3 is 3.05 bits per heavy atom. The van der Waals surface area contributed by atoms with E-state index < -0.39 is 0 Å². The lowest BCUT2D eigenvalue weighted by molar-refractivity contribution is -0.0603. The SMILES string of the molecule is CC1(C)C[C@H](c2nc(Br)c3c(N)nccn23)CCO1. The lowest BCUT2D eigenvalue weighted by Gasteiger charge is -2.34. The molecule has 1 aliphatic rings. The Morgan fingerprint density at radius 2 is 2.32 bits per heavy atom. The molecule has 2 N–H and O–H groups in total. The summed E-state index contributed by atoms with van der Waals surface area (Å²) in [6.45, 7) is 5.02. The van der Waals surface area contributed by atoms with E-state index in [1.807, 2.05) is 10.6 Å². The summed E-state index contributed by atoms with van der Waals surface area (Å²) in [5, 5.41) is 0. The second kappa shape index (κ2) is 4.45. The van der Waals surface area contributed by atoms with Crippen molar-refractivity contribution in [3.8, 4) is 0 Å². The molecule has 0 unspecified atom stereocenters. The highest BCUT2D eigenvalue weighted by Gasteiger charge is 2.32. The number of fused-ring (bicyclic) bond motifs is 1. The average molecular weight is 325 g/mol. The fourth-order valence-electron chi connectivity index (χ4n) is 2.78. The van der Waals surface area contributed by atoms with Gasteiger partial charge in [-0.25, -0.2) is 9.97 Å². The summed E-state index contributed by atoms with van der Waals surface area (Å²) >= 11 is 3.48. The number of rotatable bonds is 1. The Bertz CT molecular complexity index is 622. The van der Waals surface area contributed by atoms with Crippen LogP contribution in [0.5, 0.6) is 0 Å². The largest absolute Gasteiger partial charge is 0.382 e. The first-order valence-electron chi connectivity index (χ1n) is 6.40. The second-order valence-corrected chi connectivity index (χ2v) is 6.34. The van der Waals surface area contributed by atoms with Crippen LogP contribution in [0.3, 0.4) is 0 Å². The van der Waals surface area contributed by atoms with Gasteiger partial charge in [0.25, 0.3) is 0 Å². The van der Waals surface area contributed by atoms with Crippen LogP contribution in [0.2, 0.25) is 0 Å². The molecule has 102 valence electrons. The summed E-state index contributed by atoms with van der Waals surface area (Å²) in [5.41, 5.74) is 6.68. The summed E-state index contributed by atoms with van der Waals surface area (Å²) in [4.78, 5) is 8.76. The van der Waals surface area contributed by atoms with E-state index in [0.717, 1.165) is 35.4 Å². The molecule has 0 bridgehead atoms. The van der Waals surface area contributed by atoms with Crippen molar-refractivity contribution in [2.24, 2.45) is 0 Å². The number of aromatic nitrogens is 3. The molecule has 2 aromatic heterocycles. The van der Waals surface area contributed by atoms with Crippen molar-refractivity contribution < 1.29 is 4.74 Å². The monoisotopic (exact) mass is 324 g/mol. The molecule has 0 spiro atoms. The number of hydrogen-bond donors (Lipinski definition) is 1. The molecule has 1 saturated heterocycles. The summed E-state index contributed by atoms with van der Waals surface area (Å²) in [6.07, 6.45) is 5.57. The van der Waals surface area contributed by atoms with Crippen molar-refractivity contribution >= 4 is 27.3 Å². The zero-order chi connectivity index (χ0) is 13.6. The fraction of sp³-hybridized carbons (Fsp3) is 0.538. The standard InChI is InChI=1S/C13H17BrN4O/c1-13(2)7-8(3-6-19-13)12-17-10(14)9-11(15)16-4-5-18(9)12/h4-5,8H,3,6-7H2,1-2H3,(H2,15,16)/t8-/m1/s1. The number of nitrogens with zero attached hydrogens (tertiary/aromatic N) is 3. The zero-order valence-electron chi connectivity index (χ0n) is 11.1. The maximum atomic E-state index is 5.93. The van der Waals surface area contributed by atoms with Crippen LogP contribution in [-0.2, 0) is 4.74 Å². The van der Waals surface area contributed by atoms with Gasteiger partial charge in [-0.1, -0.05) is 0 Å². The smallest absolute Gasteiger partial charge is 0.150 e. The predicted molar refractivity (Wildman–Crippen MR) is 77.1 cm³/mol. The molecule has 0 aliphatic carbocycles. The molecule has 0 aromatic carbocycles. The number of anilines is 1. The van der Waals surface area contributed by atoms with Crippen molar-refractivity contribution in [3.05, 3.63) is 22.8 Å². The zero-order valence-corrected chi connectivity index (χ0v) is 12.6. The normalized spacial score (nSPS) is 22.8. The van der Waals surface area contributed by atoms with E-state index >= 15 is 0 Å². The van der Waals surface area contributed by atoms with Gasteiger partial charge < -0.3 is 10.5 Å². The van der Waals surface area contributed by atoms with Gasteiger partial charge in [-0.3, -0.25) is 4.40 Å². The molecule has 6 heteroatoms. The fourth-order valence-corrected chi connectivity index (χ4v) is 3.36. The van der Waals surface area contributed by atoms with Crippen LogP contribution in [0.25, 0.3) is 5.52 Å². The van der Waals surface area contributed by atoms with Crippen molar-refractivity contribution in [2.75, 3.05) is 12.3 Å². The first-order chi connectivity index (χ1) is 8.98. The first kappa shape index (κ1) is 12.9. The predicted octanol–water partition coefficient (Wildman–Crippen LogP) is 2.75. The molecule has 3 heterocycles. The summed E-state index contributed by atoms with van der Waals surface area (Å²) in [5.74, 6) is 1.91. The van der Waals surface area contributed by atoms with Gasteiger partial charge in [0.15, 0.2) is 5.82 Å². The highest BCUT2D eigenvalue weighted by Crippen LogP contribution is 2.37. The van der Waals surface area contributed by atoms with Crippen molar-refractivity contribution in [1.29, 1.82) is 0 Å². The van der Waals surface area contributed by atoms with Gasteiger partial charge in [0.05, 0.1) is 5.60 Å². The molecule has 2 aromatic rings. The molecule has 0 amide bonds. The van der Waals surface area contributed by atoms with Gasteiger partial charge in [0.1, 0.15) is 15.9 Å². The minimum Gasteiger partial charge on any atom is -0.382 e.